The molecule has 0 aromatic rings. The van der Waals surface area contributed by atoms with Crippen LogP contribution in [0, 0.1) is 34.5 Å². The molecule has 0 radical (unpaired) electrons. The minimum absolute atomic E-state index is 0.00507. The third kappa shape index (κ3) is 2.06. The van der Waals surface area contributed by atoms with E-state index in [9.17, 15) is 9.90 Å². The second kappa shape index (κ2) is 5.05. The first kappa shape index (κ1) is 9.56. The highest BCUT2D eigenvalue weighted by molar-refractivity contribution is 5.92. The Labute approximate surface area is 149 Å². The summed E-state index contributed by atoms with van der Waals surface area (Å²) in [4.78, 5) is 12.2. The van der Waals surface area contributed by atoms with Gasteiger partial charge in [-0.25, -0.2) is 0 Å². The predicted octanol–water partition coefficient (Wildman–Crippen LogP) is 4.29. The second-order valence-corrected chi connectivity index (χ2v) is 8.21. The van der Waals surface area contributed by atoms with E-state index in [1.54, 1.807) is 0 Å². The summed E-state index contributed by atoms with van der Waals surface area (Å²) in [6, 6.07) is 0. The molecule has 0 saturated heterocycles. The SMILES string of the molecule is [2H]C1([2H])C[C@]2(C)C(=CC1=O)C=C[C@@H]1[C@H]2CC[C@@]2(C)[C@H]1CC[C@]2([2H])C([2H])(O)C([2H])([2H])[2H]. The zero-order valence-electron chi connectivity index (χ0n) is 20.9. The number of aliphatic hydroxyl groups is 1. The first-order valence-electron chi connectivity index (χ1n) is 12.2. The largest absolute Gasteiger partial charge is 0.393 e. The average molecular weight is 322 g/mol. The number of hydrogen-bond acceptors (Lipinski definition) is 2. The normalized spacial score (nSPS) is 61.7. The van der Waals surface area contributed by atoms with Crippen LogP contribution < -0.4 is 0 Å². The number of ketones is 1. The van der Waals surface area contributed by atoms with E-state index in [0.29, 0.717) is 19.3 Å². The van der Waals surface area contributed by atoms with Gasteiger partial charge in [-0.05, 0) is 85.1 Å². The highest BCUT2D eigenvalue weighted by Gasteiger charge is 2.58. The van der Waals surface area contributed by atoms with Crippen LogP contribution in [0.5, 0.6) is 0 Å². The Hall–Kier alpha value is -0.890. The van der Waals surface area contributed by atoms with Crippen molar-refractivity contribution in [2.75, 3.05) is 0 Å². The summed E-state index contributed by atoms with van der Waals surface area (Å²) in [5.41, 5.74) is -0.501. The first-order chi connectivity index (χ1) is 13.5. The molecule has 0 bridgehead atoms. The molecular formula is C21H30O2. The van der Waals surface area contributed by atoms with Gasteiger partial charge >= 0.3 is 0 Å². The van der Waals surface area contributed by atoms with Crippen LogP contribution in [-0.4, -0.2) is 17.0 Å². The number of rotatable bonds is 1. The van der Waals surface area contributed by atoms with Crippen molar-refractivity contribution in [3.05, 3.63) is 23.8 Å². The molecule has 0 amide bonds. The lowest BCUT2D eigenvalue weighted by atomic mass is 9.48. The van der Waals surface area contributed by atoms with E-state index in [2.05, 4.69) is 0 Å². The molecule has 0 spiro atoms. The Morgan fingerprint density at radius 3 is 3.00 bits per heavy atom. The maximum absolute atomic E-state index is 12.2. The molecule has 2 heteroatoms. The molecule has 0 aliphatic heterocycles. The number of hydrogen-bond donors (Lipinski definition) is 1. The van der Waals surface area contributed by atoms with Crippen LogP contribution in [0.2, 0.25) is 0 Å². The number of allylic oxidation sites excluding steroid dienone is 4. The van der Waals surface area contributed by atoms with Crippen molar-refractivity contribution >= 4 is 5.78 Å². The fraction of sp³-hybridized carbons (Fsp3) is 0.762. The van der Waals surface area contributed by atoms with Crippen molar-refractivity contribution in [1.29, 1.82) is 0 Å². The van der Waals surface area contributed by atoms with Gasteiger partial charge in [0.2, 0.25) is 0 Å². The molecule has 0 aromatic carbocycles. The third-order valence-electron chi connectivity index (χ3n) is 7.30. The molecule has 4 aliphatic rings. The molecule has 0 aromatic heterocycles. The van der Waals surface area contributed by atoms with Crippen molar-refractivity contribution in [2.24, 2.45) is 34.5 Å². The Morgan fingerprint density at radius 1 is 1.39 bits per heavy atom. The molecule has 0 heterocycles. The zero-order valence-corrected chi connectivity index (χ0v) is 13.9. The van der Waals surface area contributed by atoms with Crippen molar-refractivity contribution in [1.82, 2.24) is 0 Å². The van der Waals surface area contributed by atoms with E-state index in [-0.39, 0.29) is 30.6 Å². The van der Waals surface area contributed by atoms with Crippen LogP contribution in [0.25, 0.3) is 0 Å². The average Bonchev–Trinajstić information content (AvgIpc) is 2.88. The number of carbonyl (C=O) groups excluding carboxylic acids is 1. The van der Waals surface area contributed by atoms with Crippen LogP contribution in [-0.2, 0) is 4.79 Å². The summed E-state index contributed by atoms with van der Waals surface area (Å²) in [5.74, 6) is -2.32. The van der Waals surface area contributed by atoms with Crippen LogP contribution in [0.3, 0.4) is 0 Å². The Kier molecular flexibility index (Phi) is 2.10. The minimum atomic E-state index is -2.98. The van der Waals surface area contributed by atoms with E-state index < -0.39 is 41.8 Å². The van der Waals surface area contributed by atoms with Crippen molar-refractivity contribution in [3.8, 4) is 0 Å². The van der Waals surface area contributed by atoms with E-state index in [0.717, 1.165) is 5.57 Å². The molecule has 2 saturated carbocycles. The summed E-state index contributed by atoms with van der Waals surface area (Å²) in [5, 5.41) is 10.7. The molecule has 1 unspecified atom stereocenters. The Morgan fingerprint density at radius 2 is 2.22 bits per heavy atom. The quantitative estimate of drug-likeness (QED) is 0.782. The second-order valence-electron chi connectivity index (χ2n) is 8.21. The van der Waals surface area contributed by atoms with Crippen LogP contribution >= 0.6 is 0 Å². The summed E-state index contributed by atoms with van der Waals surface area (Å²) in [6.07, 6.45) is 2.54. The smallest absolute Gasteiger partial charge is 0.156 e. The molecular weight excluding hydrogens is 284 g/mol. The van der Waals surface area contributed by atoms with Crippen LogP contribution in [0.15, 0.2) is 23.8 Å². The maximum Gasteiger partial charge on any atom is 0.156 e. The van der Waals surface area contributed by atoms with Gasteiger partial charge in [0, 0.05) is 14.6 Å². The van der Waals surface area contributed by atoms with Gasteiger partial charge in [0.15, 0.2) is 5.78 Å². The predicted molar refractivity (Wildman–Crippen MR) is 91.8 cm³/mol. The van der Waals surface area contributed by atoms with Gasteiger partial charge in [-0.15, -0.1) is 0 Å². The van der Waals surface area contributed by atoms with Gasteiger partial charge in [0.1, 0.15) is 0 Å². The highest BCUT2D eigenvalue weighted by Crippen LogP contribution is 2.65. The fourth-order valence-corrected chi connectivity index (χ4v) is 5.94. The summed E-state index contributed by atoms with van der Waals surface area (Å²) in [6.45, 7) is 0.886. The zero-order chi connectivity index (χ0) is 22.5. The van der Waals surface area contributed by atoms with Gasteiger partial charge in [-0.1, -0.05) is 26.0 Å². The lowest BCUT2D eigenvalue weighted by molar-refractivity contribution is -0.116. The first-order valence-corrected chi connectivity index (χ1v) is 8.69. The fourth-order valence-electron chi connectivity index (χ4n) is 5.94. The van der Waals surface area contributed by atoms with E-state index in [1.807, 2.05) is 26.0 Å². The topological polar surface area (TPSA) is 37.3 Å². The molecule has 23 heavy (non-hydrogen) atoms. The van der Waals surface area contributed by atoms with E-state index in [1.165, 1.54) is 6.08 Å². The maximum atomic E-state index is 12.2. The molecule has 1 N–H and O–H groups in total. The van der Waals surface area contributed by atoms with E-state index in [4.69, 9.17) is 9.60 Å². The van der Waals surface area contributed by atoms with Gasteiger partial charge in [0.05, 0.1) is 7.45 Å². The molecule has 7 atom stereocenters. The molecule has 4 rings (SSSR count). The number of carbonyl (C=O) groups is 1. The van der Waals surface area contributed by atoms with Gasteiger partial charge < -0.3 is 5.11 Å². The van der Waals surface area contributed by atoms with Crippen molar-refractivity contribution in [3.63, 3.8) is 0 Å². The summed E-state index contributed by atoms with van der Waals surface area (Å²) >= 11 is 0. The minimum Gasteiger partial charge on any atom is -0.393 e. The van der Waals surface area contributed by atoms with Gasteiger partial charge in [0.25, 0.3) is 0 Å². The highest BCUT2D eigenvalue weighted by atomic mass is 16.3. The van der Waals surface area contributed by atoms with Crippen molar-refractivity contribution < 1.29 is 19.5 Å². The Bertz CT molecular complexity index is 845. The van der Waals surface area contributed by atoms with E-state index >= 15 is 0 Å². The Balaban J connectivity index is 1.75. The standard InChI is InChI=1S/C21H30O2/c1-13(22)17-6-7-18-16-5-4-14-12-15(23)8-10-20(14,2)19(16)9-11-21(17,18)3/h4-5,12-13,16-19,22H,6-11H2,1-3H3/t13?,16-,17+,18-,19+,20+,21+/m0/s1/i1D3,8D2,13D,17D. The molecule has 4 aliphatic carbocycles. The summed E-state index contributed by atoms with van der Waals surface area (Å²) in [7, 11) is 0. The summed E-state index contributed by atoms with van der Waals surface area (Å²) < 4.78 is 56.8. The van der Waals surface area contributed by atoms with Gasteiger partial charge in [-0.2, -0.15) is 0 Å². The lowest BCUT2D eigenvalue weighted by Gasteiger charge is -2.56. The van der Waals surface area contributed by atoms with Crippen LogP contribution in [0.1, 0.15) is 68.8 Å². The van der Waals surface area contributed by atoms with Crippen molar-refractivity contribution in [2.45, 2.75) is 65.3 Å². The molecule has 2 fully saturated rings. The lowest BCUT2D eigenvalue weighted by Crippen LogP contribution is -2.49. The molecule has 126 valence electrons. The number of fused-ring (bicyclic) bond motifs is 5. The van der Waals surface area contributed by atoms with Gasteiger partial charge in [-0.3, -0.25) is 4.79 Å². The molecule has 2 nitrogen and oxygen atoms in total. The monoisotopic (exact) mass is 321 g/mol. The third-order valence-corrected chi connectivity index (χ3v) is 7.30. The van der Waals surface area contributed by atoms with Crippen LogP contribution in [0.4, 0.5) is 0 Å².